The van der Waals surface area contributed by atoms with Gasteiger partial charge in [-0.25, -0.2) is 9.07 Å². The minimum atomic E-state index is -0.357. The van der Waals surface area contributed by atoms with Gasteiger partial charge in [-0.1, -0.05) is 12.1 Å². The van der Waals surface area contributed by atoms with Gasteiger partial charge in [-0.05, 0) is 24.3 Å². The van der Waals surface area contributed by atoms with Gasteiger partial charge >= 0.3 is 0 Å². The Kier molecular flexibility index (Phi) is 5.97. The van der Waals surface area contributed by atoms with Crippen LogP contribution in [0.4, 0.5) is 4.39 Å². The Labute approximate surface area is 157 Å². The Morgan fingerprint density at radius 3 is 2.70 bits per heavy atom. The van der Waals surface area contributed by atoms with Gasteiger partial charge in [0.15, 0.2) is 5.69 Å². The summed E-state index contributed by atoms with van der Waals surface area (Å²) >= 11 is 0. The molecule has 0 unspecified atom stereocenters. The average Bonchev–Trinajstić information content (AvgIpc) is 3.17. The molecule has 1 saturated heterocycles. The molecule has 1 aromatic heterocycles. The largest absolute Gasteiger partial charge is 0.352 e. The Hall–Kier alpha value is -3.00. The van der Waals surface area contributed by atoms with Gasteiger partial charge in [0.1, 0.15) is 5.82 Å². The third-order valence-corrected chi connectivity index (χ3v) is 4.35. The number of aromatic nitrogens is 2. The Morgan fingerprint density at radius 1 is 1.22 bits per heavy atom. The van der Waals surface area contributed by atoms with Crippen LogP contribution in [0.3, 0.4) is 0 Å². The van der Waals surface area contributed by atoms with E-state index in [1.165, 1.54) is 16.8 Å². The van der Waals surface area contributed by atoms with Crippen molar-refractivity contribution in [3.63, 3.8) is 0 Å². The molecule has 0 aliphatic carbocycles. The van der Waals surface area contributed by atoms with Crippen molar-refractivity contribution in [1.82, 2.24) is 24.9 Å². The van der Waals surface area contributed by atoms with Gasteiger partial charge in [0.25, 0.3) is 5.91 Å². The molecule has 0 radical (unpaired) electrons. The molecule has 2 amide bonds. The van der Waals surface area contributed by atoms with Crippen LogP contribution in [0.2, 0.25) is 0 Å². The average molecular weight is 371 g/mol. The highest BCUT2D eigenvalue weighted by molar-refractivity contribution is 5.92. The molecule has 7 nitrogen and oxygen atoms in total. The number of nitrogens with one attached hydrogen (secondary N) is 1. The minimum absolute atomic E-state index is 0.0523. The van der Waals surface area contributed by atoms with Crippen molar-refractivity contribution in [3.05, 3.63) is 60.7 Å². The summed E-state index contributed by atoms with van der Waals surface area (Å²) in [5.74, 6) is -0.575. The number of halogens is 1. The van der Waals surface area contributed by atoms with Crippen molar-refractivity contribution < 1.29 is 14.0 Å². The zero-order valence-corrected chi connectivity index (χ0v) is 15.0. The number of benzene rings is 1. The van der Waals surface area contributed by atoms with E-state index >= 15 is 0 Å². The molecule has 8 heteroatoms. The van der Waals surface area contributed by atoms with E-state index in [1.54, 1.807) is 35.4 Å². The molecule has 0 saturated carbocycles. The molecule has 1 aliphatic heterocycles. The van der Waals surface area contributed by atoms with Gasteiger partial charge in [-0.2, -0.15) is 5.10 Å². The molecule has 1 N–H and O–H groups in total. The van der Waals surface area contributed by atoms with Crippen molar-refractivity contribution in [2.45, 2.75) is 0 Å². The van der Waals surface area contributed by atoms with Crippen molar-refractivity contribution in [1.29, 1.82) is 0 Å². The minimum Gasteiger partial charge on any atom is -0.352 e. The maximum atomic E-state index is 13.4. The fraction of sp³-hybridized carbons (Fsp3) is 0.316. The van der Waals surface area contributed by atoms with Crippen LogP contribution in [-0.4, -0.2) is 70.7 Å². The topological polar surface area (TPSA) is 70.5 Å². The number of carbonyl (C=O) groups excluding carboxylic acids is 2. The van der Waals surface area contributed by atoms with Gasteiger partial charge in [0.05, 0.1) is 12.2 Å². The second-order valence-corrected chi connectivity index (χ2v) is 6.29. The summed E-state index contributed by atoms with van der Waals surface area (Å²) in [6.45, 7) is 6.63. The smallest absolute Gasteiger partial charge is 0.274 e. The third-order valence-electron chi connectivity index (χ3n) is 4.35. The van der Waals surface area contributed by atoms with E-state index in [0.29, 0.717) is 50.6 Å². The van der Waals surface area contributed by atoms with Crippen LogP contribution >= 0.6 is 0 Å². The quantitative estimate of drug-likeness (QED) is 0.772. The lowest BCUT2D eigenvalue weighted by Gasteiger charge is -2.33. The molecule has 27 heavy (non-hydrogen) atoms. The lowest BCUT2D eigenvalue weighted by Crippen LogP contribution is -2.51. The summed E-state index contributed by atoms with van der Waals surface area (Å²) < 4.78 is 14.8. The summed E-state index contributed by atoms with van der Waals surface area (Å²) in [6, 6.07) is 7.66. The highest BCUT2D eigenvalue weighted by Gasteiger charge is 2.24. The molecule has 1 aliphatic rings. The second-order valence-electron chi connectivity index (χ2n) is 6.29. The molecule has 142 valence electrons. The van der Waals surface area contributed by atoms with Gasteiger partial charge in [-0.15, -0.1) is 6.58 Å². The van der Waals surface area contributed by atoms with E-state index in [9.17, 15) is 14.0 Å². The summed E-state index contributed by atoms with van der Waals surface area (Å²) in [7, 11) is 0. The molecule has 2 heterocycles. The number of hydrogen-bond acceptors (Lipinski definition) is 4. The highest BCUT2D eigenvalue weighted by atomic mass is 19.1. The Bertz CT molecular complexity index is 827. The standard InChI is InChI=1S/C19H22FN5O2/c1-2-7-21-18(26)14-23-9-11-24(12-10-23)19(27)17-6-8-25(22-17)16-5-3-4-15(20)13-16/h2-6,8,13H,1,7,9-12,14H2,(H,21,26). The van der Waals surface area contributed by atoms with Crippen LogP contribution in [0.1, 0.15) is 10.5 Å². The first-order chi connectivity index (χ1) is 13.1. The summed E-state index contributed by atoms with van der Waals surface area (Å²) in [5, 5.41) is 7.01. The van der Waals surface area contributed by atoms with E-state index in [2.05, 4.69) is 17.0 Å². The first-order valence-electron chi connectivity index (χ1n) is 8.77. The molecule has 1 aromatic carbocycles. The fourth-order valence-electron chi connectivity index (χ4n) is 2.92. The lowest BCUT2D eigenvalue weighted by molar-refractivity contribution is -0.122. The number of rotatable bonds is 6. The number of nitrogens with zero attached hydrogens (tertiary/aromatic N) is 4. The monoisotopic (exact) mass is 371 g/mol. The molecule has 1 fully saturated rings. The number of hydrogen-bond donors (Lipinski definition) is 1. The van der Waals surface area contributed by atoms with Crippen LogP contribution in [0.15, 0.2) is 49.2 Å². The van der Waals surface area contributed by atoms with Crippen molar-refractivity contribution in [2.24, 2.45) is 0 Å². The zero-order valence-electron chi connectivity index (χ0n) is 15.0. The number of piperazine rings is 1. The predicted molar refractivity (Wildman–Crippen MR) is 99.1 cm³/mol. The summed E-state index contributed by atoms with van der Waals surface area (Å²) in [5.41, 5.74) is 0.876. The van der Waals surface area contributed by atoms with Crippen LogP contribution in [0.5, 0.6) is 0 Å². The maximum Gasteiger partial charge on any atom is 0.274 e. The highest BCUT2D eigenvalue weighted by Crippen LogP contribution is 2.12. The van der Waals surface area contributed by atoms with Gasteiger partial charge < -0.3 is 10.2 Å². The van der Waals surface area contributed by atoms with Crippen LogP contribution < -0.4 is 5.32 Å². The van der Waals surface area contributed by atoms with E-state index in [1.807, 2.05) is 4.90 Å². The number of carbonyl (C=O) groups is 2. The van der Waals surface area contributed by atoms with Gasteiger partial charge in [0.2, 0.25) is 5.91 Å². The second kappa shape index (κ2) is 8.59. The van der Waals surface area contributed by atoms with Crippen LogP contribution in [-0.2, 0) is 4.79 Å². The van der Waals surface area contributed by atoms with Crippen LogP contribution in [0.25, 0.3) is 5.69 Å². The van der Waals surface area contributed by atoms with Gasteiger partial charge in [0, 0.05) is 38.9 Å². The van der Waals surface area contributed by atoms with Crippen molar-refractivity contribution >= 4 is 11.8 Å². The molecule has 0 spiro atoms. The molecular weight excluding hydrogens is 349 g/mol. The maximum absolute atomic E-state index is 13.4. The first kappa shape index (κ1) is 18.8. The lowest BCUT2D eigenvalue weighted by atomic mass is 10.2. The molecule has 3 rings (SSSR count). The zero-order chi connectivity index (χ0) is 19.2. The van der Waals surface area contributed by atoms with E-state index < -0.39 is 0 Å². The SMILES string of the molecule is C=CCNC(=O)CN1CCN(C(=O)c2ccn(-c3cccc(F)c3)n2)CC1. The summed E-state index contributed by atoms with van der Waals surface area (Å²) in [4.78, 5) is 28.1. The van der Waals surface area contributed by atoms with E-state index in [0.717, 1.165) is 0 Å². The Balaban J connectivity index is 1.55. The van der Waals surface area contributed by atoms with E-state index in [-0.39, 0.29) is 17.6 Å². The summed E-state index contributed by atoms with van der Waals surface area (Å²) in [6.07, 6.45) is 3.28. The van der Waals surface area contributed by atoms with Crippen molar-refractivity contribution in [2.75, 3.05) is 39.3 Å². The van der Waals surface area contributed by atoms with E-state index in [4.69, 9.17) is 0 Å². The van der Waals surface area contributed by atoms with Gasteiger partial charge in [-0.3, -0.25) is 14.5 Å². The first-order valence-corrected chi connectivity index (χ1v) is 8.77. The normalized spacial score (nSPS) is 14.8. The molecule has 2 aromatic rings. The number of amides is 2. The van der Waals surface area contributed by atoms with Crippen molar-refractivity contribution in [3.8, 4) is 5.69 Å². The molecule has 0 atom stereocenters. The fourth-order valence-corrected chi connectivity index (χ4v) is 2.92. The Morgan fingerprint density at radius 2 is 2.00 bits per heavy atom. The van der Waals surface area contributed by atoms with Crippen LogP contribution in [0, 0.1) is 5.82 Å². The third kappa shape index (κ3) is 4.79. The predicted octanol–water partition coefficient (Wildman–Crippen LogP) is 1.07. The molecule has 0 bridgehead atoms. The molecular formula is C19H22FN5O2.